The largest absolute Gasteiger partial charge is 0.476 e. The monoisotopic (exact) mass is 721 g/mol. The number of aliphatic imine (C=N–C) groups is 1. The fourth-order valence-electron chi connectivity index (χ4n) is 7.97. The van der Waals surface area contributed by atoms with Gasteiger partial charge in [-0.25, -0.2) is 14.4 Å². The maximum Gasteiger partial charge on any atom is 0.418 e. The first kappa shape index (κ1) is 39.9. The first-order chi connectivity index (χ1) is 23.4. The molecule has 0 saturated carbocycles. The van der Waals surface area contributed by atoms with Gasteiger partial charge < -0.3 is 15.4 Å². The zero-order valence-electron chi connectivity index (χ0n) is 31.3. The van der Waals surface area contributed by atoms with Gasteiger partial charge in [-0.15, -0.1) is 0 Å². The highest BCUT2D eigenvalue weighted by atomic mass is 35.5. The topological polar surface area (TPSA) is 67.0 Å². The SMILES string of the molecule is CC/C=C(/N=C1/C(F)=C(c2nc(N)cc(C)c2C(F)(F)F)C(Cl)=C/C1=C(/C)N(C)C(CCC(C)CC)C(C)C)OCC12CCCN1CC(C)C2. The molecule has 0 radical (unpaired) electrons. The van der Waals surface area contributed by atoms with Crippen molar-refractivity contribution in [1.82, 2.24) is 14.8 Å². The normalized spacial score (nSPS) is 24.9. The molecule has 3 aliphatic rings. The van der Waals surface area contributed by atoms with Crippen molar-refractivity contribution in [1.29, 1.82) is 0 Å². The molecule has 0 aromatic carbocycles. The summed E-state index contributed by atoms with van der Waals surface area (Å²) in [5.74, 6) is 0.404. The number of hydrogen-bond acceptors (Lipinski definition) is 6. The molecule has 1 aromatic heterocycles. The standard InChI is InChI=1S/C39H56ClF4N5O/c1-10-13-32(50-22-38-16-12-17-49(38)21-25(6)20-38)47-36-28(27(8)48(9)30(23(3)4)15-14-24(5)11-2)19-29(40)33(35(36)41)37-34(39(42,43)44)26(7)18-31(45)46-37/h13,18-19,23-25,30H,10-12,14-17,20-22H2,1-9H3,(H2,45,46)/b28-27+,32-13-,47-36+. The maximum absolute atomic E-state index is 17.3. The van der Waals surface area contributed by atoms with Gasteiger partial charge in [0.25, 0.3) is 0 Å². The molecule has 6 nitrogen and oxygen atoms in total. The lowest BCUT2D eigenvalue weighted by molar-refractivity contribution is -0.138. The Hall–Kier alpha value is -2.85. The van der Waals surface area contributed by atoms with E-state index in [0.29, 0.717) is 36.1 Å². The predicted molar refractivity (Wildman–Crippen MR) is 197 cm³/mol. The number of aryl methyl sites for hydroxylation is 1. The van der Waals surface area contributed by atoms with E-state index in [1.54, 1.807) is 6.08 Å². The lowest BCUT2D eigenvalue weighted by Crippen LogP contribution is -2.42. The second kappa shape index (κ2) is 16.2. The highest BCUT2D eigenvalue weighted by Gasteiger charge is 2.48. The number of fused-ring (bicyclic) bond motifs is 1. The Morgan fingerprint density at radius 1 is 1.26 bits per heavy atom. The average Bonchev–Trinajstić information content (AvgIpc) is 3.54. The molecule has 11 heteroatoms. The molecule has 278 valence electrons. The Bertz CT molecular complexity index is 1560. The van der Waals surface area contributed by atoms with Crippen LogP contribution in [0.1, 0.15) is 110 Å². The number of alkyl halides is 3. The fraction of sp³-hybridized carbons (Fsp3) is 0.641. The van der Waals surface area contributed by atoms with Gasteiger partial charge in [-0.05, 0) is 100 Å². The van der Waals surface area contributed by atoms with Crippen LogP contribution in [0.4, 0.5) is 23.4 Å². The van der Waals surface area contributed by atoms with Crippen LogP contribution < -0.4 is 5.73 Å². The molecule has 2 N–H and O–H groups in total. The van der Waals surface area contributed by atoms with Gasteiger partial charge in [0.2, 0.25) is 5.88 Å². The van der Waals surface area contributed by atoms with Gasteiger partial charge in [-0.1, -0.05) is 59.6 Å². The zero-order valence-corrected chi connectivity index (χ0v) is 32.0. The summed E-state index contributed by atoms with van der Waals surface area (Å²) < 4.78 is 67.2. The number of anilines is 1. The Labute approximate surface area is 301 Å². The van der Waals surface area contributed by atoms with E-state index in [9.17, 15) is 13.2 Å². The maximum atomic E-state index is 17.3. The molecule has 1 aliphatic carbocycles. The highest BCUT2D eigenvalue weighted by molar-refractivity contribution is 6.41. The van der Waals surface area contributed by atoms with Crippen LogP contribution in [-0.2, 0) is 10.9 Å². The summed E-state index contributed by atoms with van der Waals surface area (Å²) in [6.07, 6.45) is 5.14. The van der Waals surface area contributed by atoms with Crippen LogP contribution in [-0.4, -0.2) is 58.8 Å². The van der Waals surface area contributed by atoms with E-state index >= 15 is 4.39 Å². The van der Waals surface area contributed by atoms with E-state index in [2.05, 4.69) is 49.4 Å². The lowest BCUT2D eigenvalue weighted by Gasteiger charge is -2.36. The number of nitrogen functional groups attached to an aromatic ring is 1. The van der Waals surface area contributed by atoms with Crippen LogP contribution in [0.15, 0.2) is 51.2 Å². The van der Waals surface area contributed by atoms with Crippen molar-refractivity contribution in [2.45, 2.75) is 118 Å². The number of pyridine rings is 1. The molecular formula is C39H56ClF4N5O. The summed E-state index contributed by atoms with van der Waals surface area (Å²) in [6.45, 7) is 18.5. The van der Waals surface area contributed by atoms with E-state index in [0.717, 1.165) is 57.7 Å². The molecule has 1 aromatic rings. The molecule has 2 fully saturated rings. The number of nitrogens with zero attached hydrogens (tertiary/aromatic N) is 4. The number of halogens is 5. The second-order valence-electron chi connectivity index (χ2n) is 15.1. The van der Waals surface area contributed by atoms with Crippen molar-refractivity contribution in [2.24, 2.45) is 22.7 Å². The van der Waals surface area contributed by atoms with Gasteiger partial charge in [0.05, 0.1) is 27.4 Å². The van der Waals surface area contributed by atoms with E-state index < -0.39 is 28.8 Å². The van der Waals surface area contributed by atoms with Crippen LogP contribution in [0.2, 0.25) is 0 Å². The fourth-order valence-corrected chi connectivity index (χ4v) is 8.25. The third-order valence-corrected chi connectivity index (χ3v) is 11.2. The molecular weight excluding hydrogens is 666 g/mol. The molecule has 4 unspecified atom stereocenters. The molecule has 50 heavy (non-hydrogen) atoms. The summed E-state index contributed by atoms with van der Waals surface area (Å²) in [6, 6.07) is 1.24. The minimum absolute atomic E-state index is 0.110. The number of ether oxygens (including phenoxy) is 1. The van der Waals surface area contributed by atoms with E-state index in [-0.39, 0.29) is 45.5 Å². The number of hydrogen-bond donors (Lipinski definition) is 1. The molecule has 2 saturated heterocycles. The molecule has 4 rings (SSSR count). The minimum Gasteiger partial charge on any atom is -0.476 e. The second-order valence-corrected chi connectivity index (χ2v) is 15.5. The average molecular weight is 722 g/mol. The van der Waals surface area contributed by atoms with Crippen LogP contribution in [0.5, 0.6) is 0 Å². The third-order valence-electron chi connectivity index (χ3n) is 10.9. The Morgan fingerprint density at radius 2 is 1.96 bits per heavy atom. The Kier molecular flexibility index (Phi) is 13.0. The predicted octanol–water partition coefficient (Wildman–Crippen LogP) is 10.4. The van der Waals surface area contributed by atoms with Gasteiger partial charge in [-0.3, -0.25) is 4.90 Å². The van der Waals surface area contributed by atoms with Gasteiger partial charge >= 0.3 is 6.18 Å². The Balaban J connectivity index is 1.90. The van der Waals surface area contributed by atoms with Crippen molar-refractivity contribution in [2.75, 3.05) is 32.5 Å². The molecule has 2 aliphatic heterocycles. The molecule has 3 heterocycles. The highest BCUT2D eigenvalue weighted by Crippen LogP contribution is 2.45. The number of nitrogens with two attached hydrogens (primary N) is 1. The van der Waals surface area contributed by atoms with Crippen molar-refractivity contribution in [3.63, 3.8) is 0 Å². The summed E-state index contributed by atoms with van der Waals surface area (Å²) in [5.41, 5.74) is 4.34. The smallest absolute Gasteiger partial charge is 0.418 e. The van der Waals surface area contributed by atoms with E-state index in [1.165, 1.54) is 13.0 Å². The molecule has 4 atom stereocenters. The number of rotatable bonds is 13. The Morgan fingerprint density at radius 3 is 2.58 bits per heavy atom. The molecule has 0 bridgehead atoms. The van der Waals surface area contributed by atoms with Crippen LogP contribution >= 0.6 is 11.6 Å². The lowest BCUT2D eigenvalue weighted by atomic mass is 9.89. The van der Waals surface area contributed by atoms with Crippen molar-refractivity contribution < 1.29 is 22.3 Å². The first-order valence-corrected chi connectivity index (χ1v) is 18.5. The van der Waals surface area contributed by atoms with Crippen LogP contribution in [0.3, 0.4) is 0 Å². The van der Waals surface area contributed by atoms with Crippen LogP contribution in [0.25, 0.3) is 5.57 Å². The number of aromatic nitrogens is 1. The van der Waals surface area contributed by atoms with E-state index in [4.69, 9.17) is 27.1 Å². The summed E-state index contributed by atoms with van der Waals surface area (Å²) >= 11 is 6.79. The minimum atomic E-state index is -4.84. The third kappa shape index (κ3) is 8.60. The van der Waals surface area contributed by atoms with Crippen LogP contribution in [0, 0.1) is 24.7 Å². The molecule has 0 amide bonds. The molecule has 0 spiro atoms. The van der Waals surface area contributed by atoms with E-state index in [1.807, 2.05) is 20.9 Å². The summed E-state index contributed by atoms with van der Waals surface area (Å²) in [5, 5.41) is -0.213. The number of allylic oxidation sites excluding steroid dienone is 7. The first-order valence-electron chi connectivity index (χ1n) is 18.2. The van der Waals surface area contributed by atoms with Gasteiger partial charge in [0.15, 0.2) is 5.83 Å². The zero-order chi connectivity index (χ0) is 37.1. The van der Waals surface area contributed by atoms with Crippen molar-refractivity contribution in [3.8, 4) is 0 Å². The summed E-state index contributed by atoms with van der Waals surface area (Å²) in [7, 11) is 1.97. The van der Waals surface area contributed by atoms with Gasteiger partial charge in [-0.2, -0.15) is 13.2 Å². The van der Waals surface area contributed by atoms with Gasteiger partial charge in [0.1, 0.15) is 18.1 Å². The van der Waals surface area contributed by atoms with Gasteiger partial charge in [0, 0.05) is 30.9 Å². The van der Waals surface area contributed by atoms with Crippen molar-refractivity contribution >= 4 is 28.7 Å². The summed E-state index contributed by atoms with van der Waals surface area (Å²) in [4.78, 5) is 13.4. The van der Waals surface area contributed by atoms with Crippen molar-refractivity contribution in [3.05, 3.63) is 63.1 Å². The quantitative estimate of drug-likeness (QED) is 0.162.